The zero-order valence-electron chi connectivity index (χ0n) is 13.8. The molecule has 5 nitrogen and oxygen atoms in total. The lowest BCUT2D eigenvalue weighted by atomic mass is 10.0. The highest BCUT2D eigenvalue weighted by Gasteiger charge is 2.38. The lowest BCUT2D eigenvalue weighted by Gasteiger charge is -2.26. The van der Waals surface area contributed by atoms with E-state index in [1.807, 2.05) is 18.2 Å². The molecule has 0 saturated carbocycles. The molecule has 0 bridgehead atoms. The summed E-state index contributed by atoms with van der Waals surface area (Å²) in [5.74, 6) is 1.33. The Labute approximate surface area is 162 Å². The summed E-state index contributed by atoms with van der Waals surface area (Å²) in [6, 6.07) is 10.00. The van der Waals surface area contributed by atoms with Crippen molar-refractivity contribution in [3.63, 3.8) is 0 Å². The normalized spacial score (nSPS) is 20.3. The number of sulfonamides is 1. The molecular formula is C18H17Cl2NO4S. The van der Waals surface area contributed by atoms with Crippen molar-refractivity contribution in [2.24, 2.45) is 0 Å². The third-order valence-electron chi connectivity index (χ3n) is 4.64. The van der Waals surface area contributed by atoms with Crippen molar-refractivity contribution in [2.75, 3.05) is 19.8 Å². The standard InChI is InChI=1S/C18H17Cl2NO4S/c19-13-3-1-4-14(20)18(13)26(22,23)21-8-2-5-15(21)12-6-7-16-17(11-12)25-10-9-24-16/h1,3-4,6-7,11,15H,2,5,8-10H2/t15-/m0/s1. The van der Waals surface area contributed by atoms with Gasteiger partial charge in [-0.1, -0.05) is 35.3 Å². The number of halogens is 2. The topological polar surface area (TPSA) is 55.8 Å². The summed E-state index contributed by atoms with van der Waals surface area (Å²) in [5.41, 5.74) is 0.874. The van der Waals surface area contributed by atoms with Gasteiger partial charge in [0.25, 0.3) is 0 Å². The Morgan fingerprint density at radius 3 is 2.42 bits per heavy atom. The number of nitrogens with zero attached hydrogens (tertiary/aromatic N) is 1. The second-order valence-corrected chi connectivity index (χ2v) is 8.87. The molecule has 4 rings (SSSR count). The molecule has 0 unspecified atom stereocenters. The van der Waals surface area contributed by atoms with E-state index in [2.05, 4.69) is 0 Å². The molecule has 0 spiro atoms. The average Bonchev–Trinajstić information content (AvgIpc) is 3.11. The van der Waals surface area contributed by atoms with Crippen LogP contribution in [-0.4, -0.2) is 32.5 Å². The molecule has 8 heteroatoms. The molecule has 0 amide bonds. The first-order valence-corrected chi connectivity index (χ1v) is 10.5. The number of benzene rings is 2. The van der Waals surface area contributed by atoms with Crippen LogP contribution in [0, 0.1) is 0 Å². The summed E-state index contributed by atoms with van der Waals surface area (Å²) in [4.78, 5) is -0.0345. The molecule has 0 radical (unpaired) electrons. The minimum atomic E-state index is -3.82. The number of ether oxygens (including phenoxy) is 2. The van der Waals surface area contributed by atoms with E-state index < -0.39 is 10.0 Å². The second kappa shape index (κ2) is 6.93. The van der Waals surface area contributed by atoms with Crippen LogP contribution >= 0.6 is 23.2 Å². The summed E-state index contributed by atoms with van der Waals surface area (Å²) >= 11 is 12.3. The highest BCUT2D eigenvalue weighted by atomic mass is 35.5. The monoisotopic (exact) mass is 413 g/mol. The molecule has 2 aliphatic heterocycles. The highest BCUT2D eigenvalue weighted by molar-refractivity contribution is 7.89. The van der Waals surface area contributed by atoms with Gasteiger partial charge in [0.15, 0.2) is 11.5 Å². The van der Waals surface area contributed by atoms with E-state index >= 15 is 0 Å². The van der Waals surface area contributed by atoms with Gasteiger partial charge in [-0.2, -0.15) is 4.31 Å². The Kier molecular flexibility index (Phi) is 4.77. The quantitative estimate of drug-likeness (QED) is 0.752. The van der Waals surface area contributed by atoms with Gasteiger partial charge < -0.3 is 9.47 Å². The van der Waals surface area contributed by atoms with Crippen LogP contribution in [0.3, 0.4) is 0 Å². The van der Waals surface area contributed by atoms with Crippen molar-refractivity contribution < 1.29 is 17.9 Å². The van der Waals surface area contributed by atoms with E-state index in [-0.39, 0.29) is 21.0 Å². The summed E-state index contributed by atoms with van der Waals surface area (Å²) in [5, 5.41) is 0.260. The first kappa shape index (κ1) is 17.9. The third-order valence-corrected chi connectivity index (χ3v) is 7.50. The Bertz CT molecular complexity index is 928. The van der Waals surface area contributed by atoms with Gasteiger partial charge in [0.05, 0.1) is 16.1 Å². The van der Waals surface area contributed by atoms with Crippen molar-refractivity contribution >= 4 is 33.2 Å². The van der Waals surface area contributed by atoms with Crippen LogP contribution in [0.25, 0.3) is 0 Å². The maximum Gasteiger partial charge on any atom is 0.246 e. The van der Waals surface area contributed by atoms with E-state index in [0.29, 0.717) is 31.3 Å². The second-order valence-electron chi connectivity index (χ2n) is 6.23. The molecule has 26 heavy (non-hydrogen) atoms. The predicted molar refractivity (Wildman–Crippen MR) is 99.8 cm³/mol. The van der Waals surface area contributed by atoms with Gasteiger partial charge in [-0.05, 0) is 42.7 Å². The Balaban J connectivity index is 1.73. The van der Waals surface area contributed by atoms with E-state index in [1.54, 1.807) is 6.07 Å². The van der Waals surface area contributed by atoms with Gasteiger partial charge in [0, 0.05) is 6.54 Å². The fraction of sp³-hybridized carbons (Fsp3) is 0.333. The van der Waals surface area contributed by atoms with Crippen molar-refractivity contribution in [1.29, 1.82) is 0 Å². The van der Waals surface area contributed by atoms with Gasteiger partial charge in [-0.15, -0.1) is 0 Å². The lowest BCUT2D eigenvalue weighted by Crippen LogP contribution is -2.31. The Morgan fingerprint density at radius 2 is 1.69 bits per heavy atom. The number of hydrogen-bond donors (Lipinski definition) is 0. The summed E-state index contributed by atoms with van der Waals surface area (Å²) in [6.45, 7) is 1.42. The molecule has 0 aromatic heterocycles. The van der Waals surface area contributed by atoms with E-state index in [9.17, 15) is 8.42 Å². The molecule has 2 aromatic carbocycles. The van der Waals surface area contributed by atoms with Crippen molar-refractivity contribution in [3.05, 3.63) is 52.0 Å². The van der Waals surface area contributed by atoms with Crippen LogP contribution in [0.15, 0.2) is 41.3 Å². The molecule has 0 aliphatic carbocycles. The number of hydrogen-bond acceptors (Lipinski definition) is 4. The minimum Gasteiger partial charge on any atom is -0.486 e. The van der Waals surface area contributed by atoms with Crippen LogP contribution in [0.2, 0.25) is 10.0 Å². The molecule has 0 N–H and O–H groups in total. The molecular weight excluding hydrogens is 397 g/mol. The summed E-state index contributed by atoms with van der Waals surface area (Å²) in [6.07, 6.45) is 1.49. The lowest BCUT2D eigenvalue weighted by molar-refractivity contribution is 0.171. The van der Waals surface area contributed by atoms with E-state index in [0.717, 1.165) is 18.4 Å². The van der Waals surface area contributed by atoms with Gasteiger partial charge in [-0.25, -0.2) is 8.42 Å². The van der Waals surface area contributed by atoms with Crippen LogP contribution in [0.5, 0.6) is 11.5 Å². The summed E-state index contributed by atoms with van der Waals surface area (Å²) < 4.78 is 39.2. The molecule has 2 heterocycles. The van der Waals surface area contributed by atoms with Crippen LogP contribution < -0.4 is 9.47 Å². The third kappa shape index (κ3) is 3.05. The molecule has 2 aromatic rings. The van der Waals surface area contributed by atoms with Crippen molar-refractivity contribution in [1.82, 2.24) is 4.31 Å². The van der Waals surface area contributed by atoms with E-state index in [1.165, 1.54) is 16.4 Å². The molecule has 1 fully saturated rings. The van der Waals surface area contributed by atoms with Crippen molar-refractivity contribution in [3.8, 4) is 11.5 Å². The molecule has 1 atom stereocenters. The van der Waals surface area contributed by atoms with Gasteiger partial charge in [0.1, 0.15) is 18.1 Å². The highest BCUT2D eigenvalue weighted by Crippen LogP contribution is 2.42. The van der Waals surface area contributed by atoms with Gasteiger partial charge in [0.2, 0.25) is 10.0 Å². The molecule has 138 valence electrons. The van der Waals surface area contributed by atoms with Crippen LogP contribution in [0.1, 0.15) is 24.4 Å². The zero-order chi connectivity index (χ0) is 18.3. The first-order valence-electron chi connectivity index (χ1n) is 8.34. The average molecular weight is 414 g/mol. The SMILES string of the molecule is O=S(=O)(c1c(Cl)cccc1Cl)N1CCC[C@H]1c1ccc2c(c1)OCCO2. The Morgan fingerprint density at radius 1 is 1.00 bits per heavy atom. The maximum atomic E-state index is 13.2. The van der Waals surface area contributed by atoms with Gasteiger partial charge >= 0.3 is 0 Å². The smallest absolute Gasteiger partial charge is 0.246 e. The van der Waals surface area contributed by atoms with E-state index in [4.69, 9.17) is 32.7 Å². The predicted octanol–water partition coefficient (Wildman–Crippen LogP) is 4.29. The largest absolute Gasteiger partial charge is 0.486 e. The number of rotatable bonds is 3. The van der Waals surface area contributed by atoms with Crippen LogP contribution in [-0.2, 0) is 10.0 Å². The Hall–Kier alpha value is -1.47. The zero-order valence-corrected chi connectivity index (χ0v) is 16.1. The maximum absolute atomic E-state index is 13.2. The van der Waals surface area contributed by atoms with Gasteiger partial charge in [-0.3, -0.25) is 0 Å². The first-order chi connectivity index (χ1) is 12.5. The molecule has 2 aliphatic rings. The van der Waals surface area contributed by atoms with Crippen molar-refractivity contribution in [2.45, 2.75) is 23.8 Å². The fourth-order valence-electron chi connectivity index (χ4n) is 3.47. The number of fused-ring (bicyclic) bond motifs is 1. The fourth-order valence-corrected chi connectivity index (χ4v) is 6.25. The minimum absolute atomic E-state index is 0.0345. The van der Waals surface area contributed by atoms with Crippen LogP contribution in [0.4, 0.5) is 0 Å². The molecule has 1 saturated heterocycles. The summed E-state index contributed by atoms with van der Waals surface area (Å²) in [7, 11) is -3.82.